The van der Waals surface area contributed by atoms with E-state index in [9.17, 15) is 4.79 Å². The van der Waals surface area contributed by atoms with Crippen LogP contribution in [-0.2, 0) is 11.8 Å². The monoisotopic (exact) mass is 317 g/mol. The topological polar surface area (TPSA) is 91.7 Å². The summed E-state index contributed by atoms with van der Waals surface area (Å²) in [7, 11) is 1.82. The molecule has 1 saturated heterocycles. The van der Waals surface area contributed by atoms with Gasteiger partial charge in [0.2, 0.25) is 5.91 Å². The molecule has 8 heteroatoms. The fraction of sp³-hybridized carbons (Fsp3) is 0.600. The molecule has 0 bridgehead atoms. The molecule has 124 valence electrons. The summed E-state index contributed by atoms with van der Waals surface area (Å²) in [5, 5.41) is 14.3. The van der Waals surface area contributed by atoms with Crippen LogP contribution in [0.25, 0.3) is 0 Å². The number of carbonyl (C=O) groups is 1. The third kappa shape index (κ3) is 3.58. The maximum absolute atomic E-state index is 12.4. The van der Waals surface area contributed by atoms with E-state index in [0.29, 0.717) is 6.54 Å². The Morgan fingerprint density at radius 1 is 1.43 bits per heavy atom. The van der Waals surface area contributed by atoms with Gasteiger partial charge in [0.15, 0.2) is 5.82 Å². The van der Waals surface area contributed by atoms with Crippen molar-refractivity contribution < 1.29 is 4.79 Å². The van der Waals surface area contributed by atoms with E-state index in [1.807, 2.05) is 27.0 Å². The van der Waals surface area contributed by atoms with E-state index in [1.165, 1.54) is 0 Å². The number of rotatable bonds is 4. The van der Waals surface area contributed by atoms with Crippen LogP contribution in [0.5, 0.6) is 0 Å². The van der Waals surface area contributed by atoms with Crippen LogP contribution in [0.3, 0.4) is 0 Å². The van der Waals surface area contributed by atoms with Gasteiger partial charge in [0.25, 0.3) is 0 Å². The first-order chi connectivity index (χ1) is 11.0. The third-order valence-corrected chi connectivity index (χ3v) is 4.14. The Hall–Kier alpha value is -2.22. The summed E-state index contributed by atoms with van der Waals surface area (Å²) >= 11 is 0. The van der Waals surface area contributed by atoms with Gasteiger partial charge in [-0.05, 0) is 33.2 Å². The van der Waals surface area contributed by atoms with Crippen molar-refractivity contribution in [2.45, 2.75) is 39.2 Å². The zero-order valence-electron chi connectivity index (χ0n) is 13.8. The second-order valence-corrected chi connectivity index (χ2v) is 6.10. The molecule has 0 aromatic carbocycles. The molecule has 23 heavy (non-hydrogen) atoms. The Balaban J connectivity index is 1.67. The molecule has 0 spiro atoms. The zero-order chi connectivity index (χ0) is 16.4. The number of H-pyrrole nitrogens is 1. The Morgan fingerprint density at radius 2 is 2.26 bits per heavy atom. The second kappa shape index (κ2) is 6.49. The van der Waals surface area contributed by atoms with Gasteiger partial charge in [-0.1, -0.05) is 6.42 Å². The average molecular weight is 317 g/mol. The lowest BCUT2D eigenvalue weighted by molar-refractivity contribution is -0.118. The van der Waals surface area contributed by atoms with E-state index in [0.717, 1.165) is 49.0 Å². The predicted molar refractivity (Wildman–Crippen MR) is 85.9 cm³/mol. The fourth-order valence-electron chi connectivity index (χ4n) is 3.08. The van der Waals surface area contributed by atoms with E-state index in [1.54, 1.807) is 4.68 Å². The summed E-state index contributed by atoms with van der Waals surface area (Å²) in [5.41, 5.74) is 0.884. The van der Waals surface area contributed by atoms with Crippen LogP contribution in [-0.4, -0.2) is 48.9 Å². The Bertz CT molecular complexity index is 690. The molecule has 2 aromatic rings. The maximum atomic E-state index is 12.4. The molecular formula is C15H23N7O. The Kier molecular flexibility index (Phi) is 4.42. The minimum atomic E-state index is -0.0350. The molecule has 1 unspecified atom stereocenters. The highest BCUT2D eigenvalue weighted by Gasteiger charge is 2.28. The SMILES string of the molecule is Cc1cc(NC(=O)CN2CCCCC2c2n[nH]c(C)n2)n(C)n1. The van der Waals surface area contributed by atoms with Crippen molar-refractivity contribution in [3.8, 4) is 0 Å². The zero-order valence-corrected chi connectivity index (χ0v) is 13.8. The van der Waals surface area contributed by atoms with Gasteiger partial charge in [0.05, 0.1) is 18.3 Å². The fourth-order valence-corrected chi connectivity index (χ4v) is 3.08. The van der Waals surface area contributed by atoms with E-state index in [-0.39, 0.29) is 11.9 Å². The van der Waals surface area contributed by atoms with Gasteiger partial charge >= 0.3 is 0 Å². The Morgan fingerprint density at radius 3 is 2.91 bits per heavy atom. The van der Waals surface area contributed by atoms with Gasteiger partial charge in [-0.15, -0.1) is 0 Å². The Labute approximate surface area is 135 Å². The number of hydrogen-bond acceptors (Lipinski definition) is 5. The van der Waals surface area contributed by atoms with E-state index in [2.05, 4.69) is 30.5 Å². The second-order valence-electron chi connectivity index (χ2n) is 6.10. The van der Waals surface area contributed by atoms with Crippen molar-refractivity contribution in [2.24, 2.45) is 7.05 Å². The van der Waals surface area contributed by atoms with Crippen LogP contribution < -0.4 is 5.32 Å². The van der Waals surface area contributed by atoms with E-state index < -0.39 is 0 Å². The van der Waals surface area contributed by atoms with E-state index >= 15 is 0 Å². The first kappa shape index (κ1) is 15.7. The van der Waals surface area contributed by atoms with Gasteiger partial charge in [0, 0.05) is 13.1 Å². The summed E-state index contributed by atoms with van der Waals surface area (Å²) in [5.74, 6) is 2.27. The average Bonchev–Trinajstić information content (AvgIpc) is 3.05. The van der Waals surface area contributed by atoms with Crippen LogP contribution in [0.1, 0.15) is 42.6 Å². The molecule has 1 aliphatic rings. The molecule has 0 saturated carbocycles. The lowest BCUT2D eigenvalue weighted by Gasteiger charge is -2.33. The number of piperidine rings is 1. The molecule has 3 heterocycles. The number of aromatic amines is 1. The summed E-state index contributed by atoms with van der Waals surface area (Å²) in [4.78, 5) is 19.0. The summed E-state index contributed by atoms with van der Waals surface area (Å²) in [6.07, 6.45) is 3.21. The van der Waals surface area contributed by atoms with Gasteiger partial charge in [-0.3, -0.25) is 19.5 Å². The molecule has 1 aliphatic heterocycles. The number of anilines is 1. The molecule has 1 fully saturated rings. The minimum absolute atomic E-state index is 0.0350. The number of likely N-dealkylation sites (tertiary alicyclic amines) is 1. The predicted octanol–water partition coefficient (Wildman–Crippen LogP) is 1.32. The molecule has 0 aliphatic carbocycles. The van der Waals surface area contributed by atoms with Crippen molar-refractivity contribution in [3.05, 3.63) is 23.4 Å². The summed E-state index contributed by atoms with van der Waals surface area (Å²) < 4.78 is 1.68. The van der Waals surface area contributed by atoms with Gasteiger partial charge < -0.3 is 5.32 Å². The molecule has 2 aromatic heterocycles. The smallest absolute Gasteiger partial charge is 0.239 e. The molecule has 0 radical (unpaired) electrons. The van der Waals surface area contributed by atoms with Crippen LogP contribution in [0, 0.1) is 13.8 Å². The van der Waals surface area contributed by atoms with Crippen LogP contribution in [0.4, 0.5) is 5.82 Å². The molecule has 1 amide bonds. The highest BCUT2D eigenvalue weighted by atomic mass is 16.2. The molecule has 2 N–H and O–H groups in total. The number of amides is 1. The quantitative estimate of drug-likeness (QED) is 0.887. The number of aryl methyl sites for hydroxylation is 3. The largest absolute Gasteiger partial charge is 0.310 e. The summed E-state index contributed by atoms with van der Waals surface area (Å²) in [6.45, 7) is 5.02. The summed E-state index contributed by atoms with van der Waals surface area (Å²) in [6, 6.07) is 1.97. The molecular weight excluding hydrogens is 294 g/mol. The van der Waals surface area contributed by atoms with Crippen molar-refractivity contribution >= 4 is 11.7 Å². The van der Waals surface area contributed by atoms with Crippen LogP contribution in [0.2, 0.25) is 0 Å². The number of carbonyl (C=O) groups excluding carboxylic acids is 1. The van der Waals surface area contributed by atoms with Gasteiger partial charge in [0.1, 0.15) is 11.6 Å². The van der Waals surface area contributed by atoms with Gasteiger partial charge in [-0.2, -0.15) is 10.2 Å². The first-order valence-corrected chi connectivity index (χ1v) is 7.96. The van der Waals surface area contributed by atoms with Crippen molar-refractivity contribution in [3.63, 3.8) is 0 Å². The lowest BCUT2D eigenvalue weighted by Crippen LogP contribution is -2.39. The number of aromatic nitrogens is 5. The van der Waals surface area contributed by atoms with Crippen LogP contribution in [0.15, 0.2) is 6.07 Å². The van der Waals surface area contributed by atoms with Gasteiger partial charge in [-0.25, -0.2) is 4.98 Å². The van der Waals surface area contributed by atoms with E-state index in [4.69, 9.17) is 0 Å². The lowest BCUT2D eigenvalue weighted by atomic mass is 10.0. The molecule has 3 rings (SSSR count). The molecule has 8 nitrogen and oxygen atoms in total. The van der Waals surface area contributed by atoms with Crippen molar-refractivity contribution in [1.29, 1.82) is 0 Å². The number of nitrogens with zero attached hydrogens (tertiary/aromatic N) is 5. The normalized spacial score (nSPS) is 19.0. The van der Waals surface area contributed by atoms with Crippen molar-refractivity contribution in [1.82, 2.24) is 29.9 Å². The highest BCUT2D eigenvalue weighted by molar-refractivity contribution is 5.91. The first-order valence-electron chi connectivity index (χ1n) is 7.96. The maximum Gasteiger partial charge on any atom is 0.239 e. The van der Waals surface area contributed by atoms with Crippen molar-refractivity contribution in [2.75, 3.05) is 18.4 Å². The third-order valence-electron chi connectivity index (χ3n) is 4.14. The number of hydrogen-bond donors (Lipinski definition) is 2. The standard InChI is InChI=1S/C15H23N7O/c1-10-8-13(21(3)20-10)17-14(23)9-22-7-5-4-6-12(22)15-16-11(2)18-19-15/h8,12H,4-7,9H2,1-3H3,(H,17,23)(H,16,18,19). The molecule has 1 atom stereocenters. The number of nitrogens with one attached hydrogen (secondary N) is 2. The highest BCUT2D eigenvalue weighted by Crippen LogP contribution is 2.28. The van der Waals surface area contributed by atoms with Crippen LogP contribution >= 0.6 is 0 Å². The minimum Gasteiger partial charge on any atom is -0.310 e.